The molecule has 0 amide bonds. The van der Waals surface area contributed by atoms with Crippen LogP contribution in [0.5, 0.6) is 0 Å². The monoisotopic (exact) mass is 491 g/mol. The average molecular weight is 492 g/mol. The number of nitrogens with one attached hydrogen (secondary N) is 1. The standard InChI is InChI=1S/C28H38FN7/c1-17(2)14-34-9-7-11-35(12-8-10-34)28-25(29)24-22(13-30-28)33-26(23(24)18(3)4)21-15-36-27(31-16-32-36)20(6)19(21)5/h13,15-18,33H,7-12,14H2,1-6H3. The normalized spacial score (nSPS) is 16.0. The molecule has 5 rings (SSSR count). The Kier molecular flexibility index (Phi) is 6.72. The van der Waals surface area contributed by atoms with Crippen LogP contribution in [-0.4, -0.2) is 62.2 Å². The Balaban J connectivity index is 1.56. The second-order valence-electron chi connectivity index (χ2n) is 11.0. The van der Waals surface area contributed by atoms with Crippen molar-refractivity contribution in [2.45, 2.75) is 60.3 Å². The fourth-order valence-corrected chi connectivity index (χ4v) is 5.73. The van der Waals surface area contributed by atoms with Crippen LogP contribution in [0.2, 0.25) is 0 Å². The highest BCUT2D eigenvalue weighted by molar-refractivity contribution is 5.94. The molecule has 1 N–H and O–H groups in total. The summed E-state index contributed by atoms with van der Waals surface area (Å²) in [6, 6.07) is 0. The highest BCUT2D eigenvalue weighted by atomic mass is 19.1. The molecule has 1 saturated heterocycles. The van der Waals surface area contributed by atoms with E-state index < -0.39 is 0 Å². The number of anilines is 1. The smallest absolute Gasteiger partial charge is 0.175 e. The summed E-state index contributed by atoms with van der Waals surface area (Å²) in [4.78, 5) is 17.2. The number of H-pyrrole nitrogens is 1. The molecule has 4 aromatic rings. The van der Waals surface area contributed by atoms with Crippen molar-refractivity contribution in [1.29, 1.82) is 0 Å². The van der Waals surface area contributed by atoms with Crippen molar-refractivity contribution in [3.8, 4) is 11.3 Å². The van der Waals surface area contributed by atoms with Crippen LogP contribution in [0.4, 0.5) is 10.2 Å². The maximum atomic E-state index is 16.3. The molecule has 8 heteroatoms. The zero-order chi connectivity index (χ0) is 25.6. The molecule has 0 aliphatic carbocycles. The van der Waals surface area contributed by atoms with E-state index in [4.69, 9.17) is 0 Å². The van der Waals surface area contributed by atoms with Gasteiger partial charge in [0.25, 0.3) is 0 Å². The molecule has 1 aliphatic heterocycles. The van der Waals surface area contributed by atoms with Gasteiger partial charge in [-0.3, -0.25) is 0 Å². The van der Waals surface area contributed by atoms with Gasteiger partial charge in [-0.15, -0.1) is 0 Å². The number of aryl methyl sites for hydroxylation is 1. The van der Waals surface area contributed by atoms with Crippen molar-refractivity contribution in [3.05, 3.63) is 41.2 Å². The van der Waals surface area contributed by atoms with E-state index in [0.717, 1.165) is 84.7 Å². The number of aromatic nitrogens is 5. The molecule has 0 aromatic carbocycles. The number of fused-ring (bicyclic) bond motifs is 2. The van der Waals surface area contributed by atoms with Crippen molar-refractivity contribution in [2.24, 2.45) is 5.92 Å². The van der Waals surface area contributed by atoms with Crippen LogP contribution in [0.1, 0.15) is 63.1 Å². The maximum Gasteiger partial charge on any atom is 0.175 e. The molecule has 7 nitrogen and oxygen atoms in total. The minimum atomic E-state index is -0.213. The van der Waals surface area contributed by atoms with Gasteiger partial charge in [-0.2, -0.15) is 5.10 Å². The zero-order valence-corrected chi connectivity index (χ0v) is 22.4. The molecule has 4 aromatic heterocycles. The van der Waals surface area contributed by atoms with E-state index in [2.05, 4.69) is 71.4 Å². The summed E-state index contributed by atoms with van der Waals surface area (Å²) in [7, 11) is 0. The van der Waals surface area contributed by atoms with Crippen molar-refractivity contribution < 1.29 is 4.39 Å². The molecule has 1 aliphatic rings. The Labute approximate surface area is 212 Å². The molecule has 5 heterocycles. The van der Waals surface area contributed by atoms with Crippen molar-refractivity contribution in [2.75, 3.05) is 37.6 Å². The zero-order valence-electron chi connectivity index (χ0n) is 22.4. The number of aromatic amines is 1. The van der Waals surface area contributed by atoms with E-state index in [1.807, 2.05) is 12.4 Å². The second kappa shape index (κ2) is 9.81. The first-order valence-corrected chi connectivity index (χ1v) is 13.2. The highest BCUT2D eigenvalue weighted by Crippen LogP contribution is 2.40. The fraction of sp³-hybridized carbons (Fsp3) is 0.536. The lowest BCUT2D eigenvalue weighted by Crippen LogP contribution is -2.38. The van der Waals surface area contributed by atoms with Crippen LogP contribution < -0.4 is 4.90 Å². The maximum absolute atomic E-state index is 16.3. The third-order valence-electron chi connectivity index (χ3n) is 7.50. The summed E-state index contributed by atoms with van der Waals surface area (Å²) >= 11 is 0. The van der Waals surface area contributed by atoms with E-state index in [0.29, 0.717) is 17.1 Å². The van der Waals surface area contributed by atoms with Gasteiger partial charge in [-0.05, 0) is 68.3 Å². The lowest BCUT2D eigenvalue weighted by atomic mass is 9.94. The van der Waals surface area contributed by atoms with Crippen LogP contribution in [0.25, 0.3) is 27.8 Å². The lowest BCUT2D eigenvalue weighted by molar-refractivity contribution is 0.232. The first kappa shape index (κ1) is 24.7. The summed E-state index contributed by atoms with van der Waals surface area (Å²) < 4.78 is 18.1. The lowest BCUT2D eigenvalue weighted by Gasteiger charge is -2.32. The summed E-state index contributed by atoms with van der Waals surface area (Å²) in [6.07, 6.45) is 7.40. The van der Waals surface area contributed by atoms with Gasteiger partial charge in [-0.1, -0.05) is 27.7 Å². The van der Waals surface area contributed by atoms with Crippen LogP contribution in [0.3, 0.4) is 0 Å². The number of halogens is 1. The molecular weight excluding hydrogens is 453 g/mol. The van der Waals surface area contributed by atoms with Gasteiger partial charge in [0.2, 0.25) is 0 Å². The largest absolute Gasteiger partial charge is 0.354 e. The summed E-state index contributed by atoms with van der Waals surface area (Å²) in [6.45, 7) is 17.8. The molecule has 0 saturated carbocycles. The van der Waals surface area contributed by atoms with Gasteiger partial charge in [0.1, 0.15) is 6.33 Å². The Morgan fingerprint density at radius 3 is 2.39 bits per heavy atom. The number of nitrogens with zero attached hydrogens (tertiary/aromatic N) is 6. The van der Waals surface area contributed by atoms with Gasteiger partial charge < -0.3 is 14.8 Å². The number of hydrogen-bond donors (Lipinski definition) is 1. The van der Waals surface area contributed by atoms with Crippen molar-refractivity contribution in [1.82, 2.24) is 29.5 Å². The molecule has 0 radical (unpaired) electrons. The van der Waals surface area contributed by atoms with E-state index in [9.17, 15) is 0 Å². The first-order chi connectivity index (χ1) is 17.3. The van der Waals surface area contributed by atoms with E-state index >= 15 is 4.39 Å². The fourth-order valence-electron chi connectivity index (χ4n) is 5.73. The summed E-state index contributed by atoms with van der Waals surface area (Å²) in [5.41, 5.74) is 6.72. The predicted molar refractivity (Wildman–Crippen MR) is 144 cm³/mol. The molecule has 0 atom stereocenters. The minimum absolute atomic E-state index is 0.126. The van der Waals surface area contributed by atoms with Gasteiger partial charge >= 0.3 is 0 Å². The van der Waals surface area contributed by atoms with Crippen LogP contribution >= 0.6 is 0 Å². The quantitative estimate of drug-likeness (QED) is 0.387. The Morgan fingerprint density at radius 1 is 1.00 bits per heavy atom. The molecule has 0 bridgehead atoms. The number of pyridine rings is 2. The highest BCUT2D eigenvalue weighted by Gasteiger charge is 2.26. The Bertz CT molecular complexity index is 1370. The summed E-state index contributed by atoms with van der Waals surface area (Å²) in [5, 5.41) is 5.02. The van der Waals surface area contributed by atoms with Gasteiger partial charge in [0.05, 0.1) is 17.4 Å². The number of hydrogen-bond acceptors (Lipinski definition) is 5. The second-order valence-corrected chi connectivity index (χ2v) is 11.0. The van der Waals surface area contributed by atoms with Crippen LogP contribution in [0.15, 0.2) is 18.7 Å². The van der Waals surface area contributed by atoms with Crippen LogP contribution in [-0.2, 0) is 0 Å². The molecule has 1 fully saturated rings. The Morgan fingerprint density at radius 2 is 1.72 bits per heavy atom. The summed E-state index contributed by atoms with van der Waals surface area (Å²) in [5.74, 6) is 1.06. The third kappa shape index (κ3) is 4.36. The third-order valence-corrected chi connectivity index (χ3v) is 7.50. The molecular formula is C28H38FN7. The molecule has 0 spiro atoms. The van der Waals surface area contributed by atoms with Crippen molar-refractivity contribution in [3.63, 3.8) is 0 Å². The molecule has 192 valence electrons. The van der Waals surface area contributed by atoms with Crippen LogP contribution in [0, 0.1) is 25.6 Å². The van der Waals surface area contributed by atoms with E-state index in [1.54, 1.807) is 10.8 Å². The minimum Gasteiger partial charge on any atom is -0.354 e. The Hall–Kier alpha value is -3.00. The van der Waals surface area contributed by atoms with Gasteiger partial charge in [0, 0.05) is 36.8 Å². The van der Waals surface area contributed by atoms with Crippen molar-refractivity contribution >= 4 is 22.4 Å². The van der Waals surface area contributed by atoms with E-state index in [-0.39, 0.29) is 11.7 Å². The predicted octanol–water partition coefficient (Wildman–Crippen LogP) is 5.71. The topological polar surface area (TPSA) is 65.4 Å². The molecule has 36 heavy (non-hydrogen) atoms. The molecule has 0 unspecified atom stereocenters. The number of rotatable bonds is 5. The SMILES string of the molecule is Cc1c(-c2[nH]c3cnc(N4CCCN(CC(C)C)CCC4)c(F)c3c2C(C)C)cn2ncnc2c1C. The average Bonchev–Trinajstić information content (AvgIpc) is 3.43. The van der Waals surface area contributed by atoms with E-state index in [1.165, 1.54) is 0 Å². The van der Waals surface area contributed by atoms with Gasteiger partial charge in [0.15, 0.2) is 17.3 Å². The first-order valence-electron chi connectivity index (χ1n) is 13.2. The van der Waals surface area contributed by atoms with Gasteiger partial charge in [-0.25, -0.2) is 18.9 Å².